The number of primary amides is 1. The Labute approximate surface area is 75.4 Å². The van der Waals surface area contributed by atoms with Crippen molar-refractivity contribution >= 4 is 17.2 Å². The minimum Gasteiger partial charge on any atom is -0.365 e. The summed E-state index contributed by atoms with van der Waals surface area (Å²) in [5.41, 5.74) is 5.52. The van der Waals surface area contributed by atoms with Gasteiger partial charge in [-0.05, 0) is 25.0 Å². The summed E-state index contributed by atoms with van der Waals surface area (Å²) in [5, 5.41) is 0. The van der Waals surface area contributed by atoms with Gasteiger partial charge in [-0.2, -0.15) is 0 Å². The summed E-state index contributed by atoms with van der Waals surface area (Å²) in [4.78, 5) is 12.8. The maximum absolute atomic E-state index is 10.8. The summed E-state index contributed by atoms with van der Waals surface area (Å²) in [6, 6.07) is 3.85. The molecule has 0 saturated heterocycles. The molecule has 3 heteroatoms. The zero-order valence-corrected chi connectivity index (χ0v) is 7.78. The Kier molecular flexibility index (Phi) is 1.51. The third kappa shape index (κ3) is 1.14. The Morgan fingerprint density at radius 3 is 2.67 bits per heavy atom. The van der Waals surface area contributed by atoms with Gasteiger partial charge in [0.25, 0.3) is 5.91 Å². The van der Waals surface area contributed by atoms with E-state index in [9.17, 15) is 4.79 Å². The zero-order chi connectivity index (χ0) is 8.77. The van der Waals surface area contributed by atoms with Crippen molar-refractivity contribution in [1.82, 2.24) is 0 Å². The number of carbonyl (C=O) groups excluding carboxylic acids is 1. The minimum absolute atomic E-state index is 0.310. The van der Waals surface area contributed by atoms with Crippen molar-refractivity contribution in [2.24, 2.45) is 5.73 Å². The van der Waals surface area contributed by atoms with Gasteiger partial charge in [0.2, 0.25) is 0 Å². The van der Waals surface area contributed by atoms with Crippen molar-refractivity contribution < 1.29 is 4.79 Å². The van der Waals surface area contributed by atoms with Gasteiger partial charge < -0.3 is 5.73 Å². The van der Waals surface area contributed by atoms with Crippen molar-refractivity contribution in [2.45, 2.75) is 25.2 Å². The van der Waals surface area contributed by atoms with Crippen LogP contribution in [0.15, 0.2) is 12.1 Å². The average Bonchev–Trinajstić information content (AvgIpc) is 2.61. The van der Waals surface area contributed by atoms with Crippen LogP contribution >= 0.6 is 11.3 Å². The molecule has 0 bridgehead atoms. The highest BCUT2D eigenvalue weighted by atomic mass is 32.1. The van der Waals surface area contributed by atoms with E-state index < -0.39 is 0 Å². The van der Waals surface area contributed by atoms with E-state index in [4.69, 9.17) is 5.73 Å². The normalized spacial score (nSPS) is 19.1. The van der Waals surface area contributed by atoms with Gasteiger partial charge in [-0.1, -0.05) is 6.92 Å². The topological polar surface area (TPSA) is 43.1 Å². The summed E-state index contributed by atoms with van der Waals surface area (Å²) in [6.45, 7) is 2.23. The van der Waals surface area contributed by atoms with Gasteiger partial charge in [-0.25, -0.2) is 0 Å². The average molecular weight is 181 g/mol. The van der Waals surface area contributed by atoms with Crippen LogP contribution in [-0.4, -0.2) is 5.91 Å². The summed E-state index contributed by atoms with van der Waals surface area (Å²) in [5.74, 6) is -0.310. The minimum atomic E-state index is -0.310. The van der Waals surface area contributed by atoms with Crippen LogP contribution in [0.1, 0.15) is 34.3 Å². The van der Waals surface area contributed by atoms with Crippen LogP contribution in [0.5, 0.6) is 0 Å². The molecule has 1 aliphatic carbocycles. The second kappa shape index (κ2) is 2.33. The van der Waals surface area contributed by atoms with Crippen molar-refractivity contribution in [3.63, 3.8) is 0 Å². The Morgan fingerprint density at radius 1 is 1.58 bits per heavy atom. The van der Waals surface area contributed by atoms with Crippen LogP contribution in [0.2, 0.25) is 0 Å². The predicted molar refractivity (Wildman–Crippen MR) is 49.4 cm³/mol. The Morgan fingerprint density at radius 2 is 2.25 bits per heavy atom. The summed E-state index contributed by atoms with van der Waals surface area (Å²) in [6.07, 6.45) is 2.48. The molecule has 0 unspecified atom stereocenters. The number of thiophene rings is 1. The molecular weight excluding hydrogens is 170 g/mol. The van der Waals surface area contributed by atoms with E-state index in [1.807, 2.05) is 12.1 Å². The number of amides is 1. The summed E-state index contributed by atoms with van der Waals surface area (Å²) in [7, 11) is 0. The first-order valence-electron chi connectivity index (χ1n) is 4.02. The largest absolute Gasteiger partial charge is 0.365 e. The van der Waals surface area contributed by atoms with Crippen LogP contribution in [0.4, 0.5) is 0 Å². The van der Waals surface area contributed by atoms with Gasteiger partial charge in [-0.15, -0.1) is 11.3 Å². The lowest BCUT2D eigenvalue weighted by atomic mass is 10.1. The number of nitrogens with two attached hydrogens (primary N) is 1. The van der Waals surface area contributed by atoms with Crippen LogP contribution in [0, 0.1) is 0 Å². The third-order valence-electron chi connectivity index (χ3n) is 2.44. The molecule has 0 aromatic carbocycles. The monoisotopic (exact) mass is 181 g/mol. The molecule has 1 aromatic rings. The highest BCUT2D eigenvalue weighted by Gasteiger charge is 2.40. The molecule has 12 heavy (non-hydrogen) atoms. The van der Waals surface area contributed by atoms with E-state index in [1.54, 1.807) is 0 Å². The lowest BCUT2D eigenvalue weighted by Crippen LogP contribution is -2.08. The number of hydrogen-bond acceptors (Lipinski definition) is 2. The number of carbonyl (C=O) groups is 1. The van der Waals surface area contributed by atoms with Gasteiger partial charge in [0.05, 0.1) is 4.88 Å². The van der Waals surface area contributed by atoms with Crippen molar-refractivity contribution in [1.29, 1.82) is 0 Å². The molecule has 1 fully saturated rings. The van der Waals surface area contributed by atoms with Crippen LogP contribution < -0.4 is 5.73 Å². The molecule has 2 rings (SSSR count). The molecule has 0 atom stereocenters. The van der Waals surface area contributed by atoms with E-state index in [1.165, 1.54) is 29.1 Å². The molecule has 1 amide bonds. The van der Waals surface area contributed by atoms with Gasteiger partial charge in [0, 0.05) is 10.3 Å². The first-order chi connectivity index (χ1) is 5.62. The van der Waals surface area contributed by atoms with Gasteiger partial charge in [0.15, 0.2) is 0 Å². The first-order valence-corrected chi connectivity index (χ1v) is 4.84. The maximum atomic E-state index is 10.8. The highest BCUT2D eigenvalue weighted by Crippen LogP contribution is 2.49. The lowest BCUT2D eigenvalue weighted by Gasteiger charge is -2.01. The van der Waals surface area contributed by atoms with Crippen LogP contribution in [0.25, 0.3) is 0 Å². The van der Waals surface area contributed by atoms with Gasteiger partial charge >= 0.3 is 0 Å². The molecule has 1 heterocycles. The van der Waals surface area contributed by atoms with Crippen LogP contribution in [0.3, 0.4) is 0 Å². The highest BCUT2D eigenvalue weighted by molar-refractivity contribution is 7.14. The number of hydrogen-bond donors (Lipinski definition) is 1. The molecular formula is C9H11NOS. The fraction of sp³-hybridized carbons (Fsp3) is 0.444. The Balaban J connectivity index is 2.30. The molecule has 0 spiro atoms. The number of rotatable bonds is 2. The molecule has 0 radical (unpaired) electrons. The second-order valence-electron chi connectivity index (χ2n) is 3.59. The molecule has 0 aliphatic heterocycles. The summed E-state index contributed by atoms with van der Waals surface area (Å²) >= 11 is 1.54. The molecule has 1 aliphatic rings. The van der Waals surface area contributed by atoms with E-state index in [2.05, 4.69) is 6.92 Å². The lowest BCUT2D eigenvalue weighted by molar-refractivity contribution is 0.100. The molecule has 2 nitrogen and oxygen atoms in total. The van der Waals surface area contributed by atoms with Gasteiger partial charge in [0.1, 0.15) is 0 Å². The fourth-order valence-electron chi connectivity index (χ4n) is 1.23. The zero-order valence-electron chi connectivity index (χ0n) is 6.96. The molecule has 1 saturated carbocycles. The summed E-state index contributed by atoms with van der Waals surface area (Å²) < 4.78 is 0. The smallest absolute Gasteiger partial charge is 0.258 e. The van der Waals surface area contributed by atoms with Crippen molar-refractivity contribution in [2.75, 3.05) is 0 Å². The van der Waals surface area contributed by atoms with Crippen LogP contribution in [-0.2, 0) is 5.41 Å². The standard InChI is InChI=1S/C9H11NOS/c1-9(4-5-9)7-3-2-6(12-7)8(10)11/h2-3H,4-5H2,1H3,(H2,10,11). The third-order valence-corrected chi connectivity index (χ3v) is 3.85. The fourth-order valence-corrected chi connectivity index (χ4v) is 2.29. The molecule has 64 valence electrons. The quantitative estimate of drug-likeness (QED) is 0.744. The molecule has 2 N–H and O–H groups in total. The predicted octanol–water partition coefficient (Wildman–Crippen LogP) is 1.90. The maximum Gasteiger partial charge on any atom is 0.258 e. The molecule has 1 aromatic heterocycles. The van der Waals surface area contributed by atoms with Crippen molar-refractivity contribution in [3.05, 3.63) is 21.9 Å². The van der Waals surface area contributed by atoms with E-state index in [-0.39, 0.29) is 5.91 Å². The Bertz CT molecular complexity index is 325. The SMILES string of the molecule is CC1(c2ccc(C(N)=O)s2)CC1. The Hall–Kier alpha value is -0.830. The van der Waals surface area contributed by atoms with Gasteiger partial charge in [-0.3, -0.25) is 4.79 Å². The van der Waals surface area contributed by atoms with E-state index >= 15 is 0 Å². The van der Waals surface area contributed by atoms with Crippen molar-refractivity contribution in [3.8, 4) is 0 Å². The first kappa shape index (κ1) is 7.80. The van der Waals surface area contributed by atoms with E-state index in [0.717, 1.165) is 0 Å². The van der Waals surface area contributed by atoms with E-state index in [0.29, 0.717) is 10.3 Å². The second-order valence-corrected chi connectivity index (χ2v) is 4.67.